The Morgan fingerprint density at radius 2 is 2.29 bits per heavy atom. The highest BCUT2D eigenvalue weighted by atomic mass is 35.5. The molecule has 0 aromatic heterocycles. The van der Waals surface area contributed by atoms with Gasteiger partial charge < -0.3 is 5.32 Å². The number of benzene rings is 1. The molecule has 4 nitrogen and oxygen atoms in total. The molecule has 0 atom stereocenters. The lowest BCUT2D eigenvalue weighted by Crippen LogP contribution is -2.04. The van der Waals surface area contributed by atoms with E-state index in [1.54, 1.807) is 0 Å². The predicted octanol–water partition coefficient (Wildman–Crippen LogP) is 3.21. The maximum absolute atomic E-state index is 13.2. The number of nitrogens with zero attached hydrogens (tertiary/aromatic N) is 1. The van der Waals surface area contributed by atoms with Gasteiger partial charge in [0.25, 0.3) is 5.69 Å². The first-order valence-corrected chi connectivity index (χ1v) is 5.25. The van der Waals surface area contributed by atoms with Gasteiger partial charge in [-0.3, -0.25) is 10.1 Å². The van der Waals surface area contributed by atoms with Crippen molar-refractivity contribution in [1.82, 2.24) is 0 Å². The molecule has 1 aromatic rings. The van der Waals surface area contributed by atoms with E-state index in [-0.39, 0.29) is 16.4 Å². The van der Waals surface area contributed by atoms with Crippen LogP contribution in [0.15, 0.2) is 12.1 Å². The highest BCUT2D eigenvalue weighted by Gasteiger charge is 2.17. The summed E-state index contributed by atoms with van der Waals surface area (Å²) in [5, 5.41) is 13.2. The number of rotatable bonds is 5. The molecule has 0 bridgehead atoms. The van der Waals surface area contributed by atoms with E-state index in [0.29, 0.717) is 19.4 Å². The van der Waals surface area contributed by atoms with Gasteiger partial charge in [-0.05, 0) is 6.42 Å². The van der Waals surface area contributed by atoms with Crippen molar-refractivity contribution in [1.29, 1.82) is 0 Å². The van der Waals surface area contributed by atoms with E-state index in [1.165, 1.54) is 0 Å². The Morgan fingerprint density at radius 1 is 1.59 bits per heavy atom. The quantitative estimate of drug-likeness (QED) is 0.381. The topological polar surface area (TPSA) is 55.2 Å². The molecule has 0 unspecified atom stereocenters. The van der Waals surface area contributed by atoms with Gasteiger partial charge in [-0.1, -0.05) is 11.6 Å². The zero-order chi connectivity index (χ0) is 12.8. The smallest absolute Gasteiger partial charge is 0.294 e. The minimum Gasteiger partial charge on any atom is -0.379 e. The summed E-state index contributed by atoms with van der Waals surface area (Å²) in [5.41, 5.74) is -0.147. The van der Waals surface area contributed by atoms with Crippen LogP contribution in [-0.2, 0) is 0 Å². The standard InChI is InChI=1S/C11H10ClFN2O2/c1-2-3-4-5-14-10-7-9(13)8(12)6-11(10)15(16)17/h1,6-7,14H,3-5H2. The highest BCUT2D eigenvalue weighted by molar-refractivity contribution is 6.31. The zero-order valence-electron chi connectivity index (χ0n) is 8.87. The van der Waals surface area contributed by atoms with Crippen molar-refractivity contribution in [2.24, 2.45) is 0 Å². The van der Waals surface area contributed by atoms with Crippen LogP contribution >= 0.6 is 11.6 Å². The van der Waals surface area contributed by atoms with Gasteiger partial charge in [0.05, 0.1) is 9.95 Å². The summed E-state index contributed by atoms with van der Waals surface area (Å²) in [5.74, 6) is 1.75. The molecular weight excluding hydrogens is 247 g/mol. The van der Waals surface area contributed by atoms with E-state index in [0.717, 1.165) is 12.1 Å². The molecule has 0 aliphatic rings. The minimum absolute atomic E-state index is 0.105. The minimum atomic E-state index is -0.697. The third-order valence-electron chi connectivity index (χ3n) is 2.05. The Balaban J connectivity index is 2.86. The number of hydrogen-bond donors (Lipinski definition) is 1. The van der Waals surface area contributed by atoms with Crippen LogP contribution in [0.1, 0.15) is 12.8 Å². The normalized spacial score (nSPS) is 9.71. The van der Waals surface area contributed by atoms with Gasteiger partial charge in [0, 0.05) is 25.1 Å². The second kappa shape index (κ2) is 6.06. The summed E-state index contributed by atoms with van der Waals surface area (Å²) in [7, 11) is 0. The lowest BCUT2D eigenvalue weighted by Gasteiger charge is -2.06. The summed E-state index contributed by atoms with van der Waals surface area (Å²) in [6.07, 6.45) is 6.27. The van der Waals surface area contributed by atoms with Crippen LogP contribution in [0.5, 0.6) is 0 Å². The Kier molecular flexibility index (Phi) is 4.73. The van der Waals surface area contributed by atoms with Gasteiger partial charge in [0.15, 0.2) is 0 Å². The van der Waals surface area contributed by atoms with Crippen molar-refractivity contribution in [3.05, 3.63) is 33.1 Å². The van der Waals surface area contributed by atoms with E-state index < -0.39 is 10.7 Å². The van der Waals surface area contributed by atoms with Crippen LogP contribution in [0.4, 0.5) is 15.8 Å². The Labute approximate surface area is 103 Å². The van der Waals surface area contributed by atoms with Crippen LogP contribution in [-0.4, -0.2) is 11.5 Å². The van der Waals surface area contributed by atoms with Crippen LogP contribution in [0.2, 0.25) is 5.02 Å². The van der Waals surface area contributed by atoms with Gasteiger partial charge in [0.1, 0.15) is 11.5 Å². The van der Waals surface area contributed by atoms with E-state index >= 15 is 0 Å². The zero-order valence-corrected chi connectivity index (χ0v) is 9.63. The second-order valence-corrected chi connectivity index (χ2v) is 3.68. The van der Waals surface area contributed by atoms with Crippen molar-refractivity contribution in [3.8, 4) is 12.3 Å². The van der Waals surface area contributed by atoms with Gasteiger partial charge >= 0.3 is 0 Å². The fraction of sp³-hybridized carbons (Fsp3) is 0.273. The molecule has 1 rings (SSSR count). The summed E-state index contributed by atoms with van der Waals surface area (Å²) >= 11 is 5.48. The van der Waals surface area contributed by atoms with Crippen molar-refractivity contribution in [2.45, 2.75) is 12.8 Å². The number of terminal acetylenes is 1. The molecular formula is C11H10ClFN2O2. The average Bonchev–Trinajstić information content (AvgIpc) is 2.28. The lowest BCUT2D eigenvalue weighted by molar-refractivity contribution is -0.384. The molecule has 0 saturated carbocycles. The first-order valence-electron chi connectivity index (χ1n) is 4.87. The molecule has 1 N–H and O–H groups in total. The summed E-state index contributed by atoms with van der Waals surface area (Å²) in [6, 6.07) is 2.00. The van der Waals surface area contributed by atoms with Gasteiger partial charge in [-0.15, -0.1) is 12.3 Å². The van der Waals surface area contributed by atoms with Gasteiger partial charge in [0.2, 0.25) is 0 Å². The van der Waals surface area contributed by atoms with E-state index in [1.807, 2.05) is 0 Å². The fourth-order valence-corrected chi connectivity index (χ4v) is 1.40. The predicted molar refractivity (Wildman–Crippen MR) is 64.6 cm³/mol. The second-order valence-electron chi connectivity index (χ2n) is 3.28. The molecule has 0 aliphatic carbocycles. The SMILES string of the molecule is C#CCCCNc1cc(F)c(Cl)cc1[N+](=O)[O-]. The monoisotopic (exact) mass is 256 g/mol. The molecule has 90 valence electrons. The van der Waals surface area contributed by atoms with Gasteiger partial charge in [-0.2, -0.15) is 0 Å². The Morgan fingerprint density at radius 3 is 2.88 bits per heavy atom. The molecule has 6 heteroatoms. The van der Waals surface area contributed by atoms with Gasteiger partial charge in [-0.25, -0.2) is 4.39 Å². The molecule has 0 heterocycles. The van der Waals surface area contributed by atoms with Crippen molar-refractivity contribution in [3.63, 3.8) is 0 Å². The Bertz CT molecular complexity index is 471. The van der Waals surface area contributed by atoms with E-state index in [2.05, 4.69) is 11.2 Å². The fourth-order valence-electron chi connectivity index (χ4n) is 1.24. The van der Waals surface area contributed by atoms with Crippen molar-refractivity contribution >= 4 is 23.0 Å². The summed E-state index contributed by atoms with van der Waals surface area (Å²) in [4.78, 5) is 10.1. The number of hydrogen-bond acceptors (Lipinski definition) is 3. The molecule has 0 radical (unpaired) electrons. The average molecular weight is 257 g/mol. The first-order chi connectivity index (χ1) is 8.06. The highest BCUT2D eigenvalue weighted by Crippen LogP contribution is 2.30. The van der Waals surface area contributed by atoms with Crippen molar-refractivity contribution < 1.29 is 9.31 Å². The van der Waals surface area contributed by atoms with Crippen LogP contribution in [0, 0.1) is 28.3 Å². The molecule has 1 aromatic carbocycles. The number of halogens is 2. The van der Waals surface area contributed by atoms with Crippen molar-refractivity contribution in [2.75, 3.05) is 11.9 Å². The number of anilines is 1. The first kappa shape index (κ1) is 13.3. The lowest BCUT2D eigenvalue weighted by atomic mass is 10.2. The van der Waals surface area contributed by atoms with E-state index in [9.17, 15) is 14.5 Å². The maximum atomic E-state index is 13.2. The Hall–Kier alpha value is -1.80. The molecule has 0 aliphatic heterocycles. The van der Waals surface area contributed by atoms with E-state index in [4.69, 9.17) is 18.0 Å². The number of nitro benzene ring substituents is 1. The molecule has 0 amide bonds. The largest absolute Gasteiger partial charge is 0.379 e. The molecule has 17 heavy (non-hydrogen) atoms. The number of unbranched alkanes of at least 4 members (excludes halogenated alkanes) is 1. The number of nitrogens with one attached hydrogen (secondary N) is 1. The third-order valence-corrected chi connectivity index (χ3v) is 2.34. The van der Waals surface area contributed by atoms with Crippen LogP contribution < -0.4 is 5.32 Å². The number of nitro groups is 1. The van der Waals surface area contributed by atoms with Crippen LogP contribution in [0.3, 0.4) is 0 Å². The van der Waals surface area contributed by atoms with Crippen LogP contribution in [0.25, 0.3) is 0 Å². The molecule has 0 fully saturated rings. The third kappa shape index (κ3) is 3.61. The molecule has 0 saturated heterocycles. The summed E-state index contributed by atoms with van der Waals surface area (Å²) < 4.78 is 13.2. The summed E-state index contributed by atoms with van der Waals surface area (Å²) in [6.45, 7) is 0.437. The molecule has 0 spiro atoms. The maximum Gasteiger partial charge on any atom is 0.294 e.